The molecule has 7 heteroatoms. The minimum atomic E-state index is -2.97. The van der Waals surface area contributed by atoms with Crippen LogP contribution in [0.5, 0.6) is 0 Å². The fourth-order valence-electron chi connectivity index (χ4n) is 1.39. The van der Waals surface area contributed by atoms with Crippen LogP contribution in [-0.4, -0.2) is 9.55 Å². The Labute approximate surface area is 111 Å². The van der Waals surface area contributed by atoms with E-state index >= 15 is 0 Å². The Morgan fingerprint density at radius 2 is 1.78 bits per heavy atom. The summed E-state index contributed by atoms with van der Waals surface area (Å²) in [7, 11) is 0. The topological polar surface area (TPSA) is 34.9 Å². The largest absolute Gasteiger partial charge is 0.322 e. The van der Waals surface area contributed by atoms with Crippen LogP contribution >= 0.6 is 23.2 Å². The minimum absolute atomic E-state index is 0.148. The van der Waals surface area contributed by atoms with E-state index in [1.165, 1.54) is 0 Å². The molecular formula is C11H6Cl2F2N2O. The van der Waals surface area contributed by atoms with Crippen molar-refractivity contribution in [1.82, 2.24) is 9.55 Å². The highest BCUT2D eigenvalue weighted by Gasteiger charge is 2.15. The Hall–Kier alpha value is -1.46. The van der Waals surface area contributed by atoms with E-state index in [1.807, 2.05) is 0 Å². The monoisotopic (exact) mass is 290 g/mol. The molecule has 0 fully saturated rings. The van der Waals surface area contributed by atoms with Crippen molar-refractivity contribution in [3.05, 3.63) is 51.0 Å². The average molecular weight is 291 g/mol. The van der Waals surface area contributed by atoms with Crippen LogP contribution in [0.3, 0.4) is 0 Å². The van der Waals surface area contributed by atoms with Gasteiger partial charge in [-0.25, -0.2) is 9.55 Å². The summed E-state index contributed by atoms with van der Waals surface area (Å²) in [4.78, 5) is 15.3. The molecule has 18 heavy (non-hydrogen) atoms. The van der Waals surface area contributed by atoms with E-state index in [-0.39, 0.29) is 15.3 Å². The summed E-state index contributed by atoms with van der Waals surface area (Å²) < 4.78 is 25.1. The molecule has 94 valence electrons. The number of aromatic nitrogens is 2. The molecule has 1 heterocycles. The fraction of sp³-hybridized carbons (Fsp3) is 0.0909. The van der Waals surface area contributed by atoms with E-state index < -0.39 is 12.1 Å². The summed E-state index contributed by atoms with van der Waals surface area (Å²) in [5, 5.41) is 0.163. The molecular weight excluding hydrogens is 285 g/mol. The quantitative estimate of drug-likeness (QED) is 0.847. The minimum Gasteiger partial charge on any atom is -0.267 e. The van der Waals surface area contributed by atoms with Gasteiger partial charge in [-0.15, -0.1) is 0 Å². The average Bonchev–Trinajstić information content (AvgIpc) is 2.33. The van der Waals surface area contributed by atoms with Gasteiger partial charge >= 0.3 is 6.55 Å². The predicted molar refractivity (Wildman–Crippen MR) is 65.2 cm³/mol. The fourth-order valence-corrected chi connectivity index (χ4v) is 1.77. The highest BCUT2D eigenvalue weighted by Crippen LogP contribution is 2.24. The maximum absolute atomic E-state index is 12.4. The van der Waals surface area contributed by atoms with Gasteiger partial charge in [-0.05, 0) is 12.1 Å². The number of benzene rings is 1. The van der Waals surface area contributed by atoms with Crippen LogP contribution in [0, 0.1) is 0 Å². The molecule has 1 aromatic carbocycles. The second-order valence-corrected chi connectivity index (χ2v) is 4.22. The number of alkyl halides is 2. The molecule has 0 aliphatic rings. The van der Waals surface area contributed by atoms with Gasteiger partial charge in [0.05, 0.1) is 5.69 Å². The highest BCUT2D eigenvalue weighted by atomic mass is 35.5. The lowest BCUT2D eigenvalue weighted by molar-refractivity contribution is 0.0652. The molecule has 2 rings (SSSR count). The van der Waals surface area contributed by atoms with Crippen molar-refractivity contribution in [2.45, 2.75) is 6.55 Å². The summed E-state index contributed by atoms with van der Waals surface area (Å²) in [5.41, 5.74) is -0.301. The van der Waals surface area contributed by atoms with Gasteiger partial charge in [-0.1, -0.05) is 35.3 Å². The van der Waals surface area contributed by atoms with Gasteiger partial charge in [-0.3, -0.25) is 4.79 Å². The molecule has 0 atom stereocenters. The maximum atomic E-state index is 12.4. The molecule has 0 amide bonds. The summed E-state index contributed by atoms with van der Waals surface area (Å²) in [6, 6.07) is 6.38. The Balaban J connectivity index is 2.57. The van der Waals surface area contributed by atoms with Crippen LogP contribution in [0.15, 0.2) is 35.4 Å². The SMILES string of the molecule is O=c1c(Cl)c(-c2ccc(Cl)cc2)ncn1C(F)F. The van der Waals surface area contributed by atoms with Crippen molar-refractivity contribution in [3.8, 4) is 11.3 Å². The first-order valence-electron chi connectivity index (χ1n) is 4.81. The van der Waals surface area contributed by atoms with Crippen molar-refractivity contribution in [2.24, 2.45) is 0 Å². The van der Waals surface area contributed by atoms with Crippen molar-refractivity contribution in [2.75, 3.05) is 0 Å². The van der Waals surface area contributed by atoms with Gasteiger partial charge in [-0.2, -0.15) is 8.78 Å². The van der Waals surface area contributed by atoms with E-state index in [9.17, 15) is 13.6 Å². The molecule has 1 aromatic heterocycles. The van der Waals surface area contributed by atoms with E-state index in [0.717, 1.165) is 6.33 Å². The lowest BCUT2D eigenvalue weighted by Crippen LogP contribution is -2.22. The Kier molecular flexibility index (Phi) is 3.63. The number of rotatable bonds is 2. The molecule has 0 saturated carbocycles. The Morgan fingerprint density at radius 1 is 1.17 bits per heavy atom. The first-order chi connectivity index (χ1) is 8.50. The van der Waals surface area contributed by atoms with Crippen molar-refractivity contribution < 1.29 is 8.78 Å². The normalized spacial score (nSPS) is 10.9. The number of hydrogen-bond donors (Lipinski definition) is 0. The Bertz CT molecular complexity index is 626. The number of halogens is 4. The molecule has 3 nitrogen and oxygen atoms in total. The molecule has 0 bridgehead atoms. The van der Waals surface area contributed by atoms with Crippen molar-refractivity contribution >= 4 is 23.2 Å². The molecule has 0 aliphatic heterocycles. The van der Waals surface area contributed by atoms with Crippen LogP contribution in [0.2, 0.25) is 10.0 Å². The number of hydrogen-bond acceptors (Lipinski definition) is 2. The van der Waals surface area contributed by atoms with E-state index in [0.29, 0.717) is 10.6 Å². The molecule has 2 aromatic rings. The van der Waals surface area contributed by atoms with Crippen molar-refractivity contribution in [3.63, 3.8) is 0 Å². The van der Waals surface area contributed by atoms with Crippen LogP contribution in [-0.2, 0) is 0 Å². The van der Waals surface area contributed by atoms with Crippen LogP contribution in [0.1, 0.15) is 6.55 Å². The zero-order valence-corrected chi connectivity index (χ0v) is 10.3. The summed E-state index contributed by atoms with van der Waals surface area (Å²) in [6.45, 7) is -2.97. The standard InChI is InChI=1S/C11H6Cl2F2N2O/c12-7-3-1-6(2-4-7)9-8(13)10(18)17(5-16-9)11(14)15/h1-5,11H. The van der Waals surface area contributed by atoms with E-state index in [2.05, 4.69) is 4.98 Å². The smallest absolute Gasteiger partial charge is 0.267 e. The van der Waals surface area contributed by atoms with Gasteiger partial charge < -0.3 is 0 Å². The highest BCUT2D eigenvalue weighted by molar-refractivity contribution is 6.33. The maximum Gasteiger partial charge on any atom is 0.322 e. The zero-order chi connectivity index (χ0) is 13.3. The number of nitrogens with zero attached hydrogens (tertiary/aromatic N) is 2. The lowest BCUT2D eigenvalue weighted by Gasteiger charge is -2.07. The van der Waals surface area contributed by atoms with Gasteiger partial charge in [0.1, 0.15) is 11.3 Å². The van der Waals surface area contributed by atoms with Gasteiger partial charge in [0.25, 0.3) is 5.56 Å². The second kappa shape index (κ2) is 5.04. The van der Waals surface area contributed by atoms with E-state index in [4.69, 9.17) is 23.2 Å². The molecule has 0 saturated heterocycles. The molecule has 0 radical (unpaired) electrons. The van der Waals surface area contributed by atoms with Crippen molar-refractivity contribution in [1.29, 1.82) is 0 Å². The van der Waals surface area contributed by atoms with E-state index in [1.54, 1.807) is 24.3 Å². The molecule has 0 spiro atoms. The third kappa shape index (κ3) is 2.37. The summed E-state index contributed by atoms with van der Waals surface area (Å²) >= 11 is 11.5. The summed E-state index contributed by atoms with van der Waals surface area (Å²) in [6.07, 6.45) is 0.767. The lowest BCUT2D eigenvalue weighted by atomic mass is 10.1. The Morgan fingerprint density at radius 3 is 2.33 bits per heavy atom. The van der Waals surface area contributed by atoms with Crippen LogP contribution in [0.4, 0.5) is 8.78 Å². The third-order valence-electron chi connectivity index (χ3n) is 2.27. The first kappa shape index (κ1) is 13.0. The molecule has 0 N–H and O–H groups in total. The first-order valence-corrected chi connectivity index (χ1v) is 5.57. The van der Waals surface area contributed by atoms with Gasteiger partial charge in [0.2, 0.25) is 0 Å². The van der Waals surface area contributed by atoms with Gasteiger partial charge in [0, 0.05) is 10.6 Å². The predicted octanol–water partition coefficient (Wildman–Crippen LogP) is 3.61. The molecule has 0 aliphatic carbocycles. The van der Waals surface area contributed by atoms with Crippen LogP contribution in [0.25, 0.3) is 11.3 Å². The third-order valence-corrected chi connectivity index (χ3v) is 2.86. The molecule has 0 unspecified atom stereocenters. The zero-order valence-electron chi connectivity index (χ0n) is 8.78. The van der Waals surface area contributed by atoms with Crippen LogP contribution < -0.4 is 5.56 Å². The van der Waals surface area contributed by atoms with Gasteiger partial charge in [0.15, 0.2) is 0 Å². The summed E-state index contributed by atoms with van der Waals surface area (Å²) in [5.74, 6) is 0. The second-order valence-electron chi connectivity index (χ2n) is 3.40.